The lowest BCUT2D eigenvalue weighted by molar-refractivity contribution is -0.171. The summed E-state index contributed by atoms with van der Waals surface area (Å²) in [6.45, 7) is 5.58. The van der Waals surface area contributed by atoms with E-state index in [9.17, 15) is 9.59 Å². The summed E-state index contributed by atoms with van der Waals surface area (Å²) in [5.41, 5.74) is -1.62. The summed E-state index contributed by atoms with van der Waals surface area (Å²) in [6.07, 6.45) is 1.66. The Morgan fingerprint density at radius 1 is 1.06 bits per heavy atom. The molecule has 0 fully saturated rings. The summed E-state index contributed by atoms with van der Waals surface area (Å²) in [5, 5.41) is 0. The van der Waals surface area contributed by atoms with E-state index in [1.807, 2.05) is 6.92 Å². The lowest BCUT2D eigenvalue weighted by Gasteiger charge is -2.29. The topological polar surface area (TPSA) is 52.6 Å². The number of esters is 2. The van der Waals surface area contributed by atoms with Crippen molar-refractivity contribution in [2.45, 2.75) is 44.9 Å². The summed E-state index contributed by atoms with van der Waals surface area (Å²) >= 11 is 11.7. The molecule has 0 atom stereocenters. The van der Waals surface area contributed by atoms with Crippen molar-refractivity contribution in [2.75, 3.05) is 13.2 Å². The fourth-order valence-electron chi connectivity index (χ4n) is 1.55. The summed E-state index contributed by atoms with van der Waals surface area (Å²) in [4.78, 5) is 22.9. The number of carbonyl (C=O) groups is 2. The van der Waals surface area contributed by atoms with Crippen LogP contribution in [0.3, 0.4) is 0 Å². The molecule has 18 heavy (non-hydrogen) atoms. The van der Waals surface area contributed by atoms with E-state index >= 15 is 0 Å². The van der Waals surface area contributed by atoms with Crippen molar-refractivity contribution in [3.63, 3.8) is 0 Å². The predicted molar refractivity (Wildman–Crippen MR) is 70.7 cm³/mol. The number of rotatable bonds is 8. The van der Waals surface area contributed by atoms with Gasteiger partial charge in [-0.05, 0) is 20.3 Å². The smallest absolute Gasteiger partial charge is 0.326 e. The Labute approximate surface area is 118 Å². The van der Waals surface area contributed by atoms with Crippen molar-refractivity contribution in [2.24, 2.45) is 5.41 Å². The summed E-state index contributed by atoms with van der Waals surface area (Å²) in [6, 6.07) is 0. The molecule has 0 unspecified atom stereocenters. The molecule has 0 aromatic rings. The van der Waals surface area contributed by atoms with Crippen LogP contribution < -0.4 is 0 Å². The molecule has 0 radical (unpaired) electrons. The zero-order chi connectivity index (χ0) is 14.2. The molecule has 0 saturated carbocycles. The van der Waals surface area contributed by atoms with Gasteiger partial charge in [0.05, 0.1) is 13.2 Å². The number of halogens is 2. The maximum Gasteiger partial charge on any atom is 0.326 e. The van der Waals surface area contributed by atoms with E-state index in [4.69, 9.17) is 32.7 Å². The molecule has 0 aliphatic heterocycles. The van der Waals surface area contributed by atoms with Crippen LogP contribution in [0.15, 0.2) is 0 Å². The van der Waals surface area contributed by atoms with E-state index in [-0.39, 0.29) is 19.6 Å². The number of ether oxygens (including phenoxy) is 2. The van der Waals surface area contributed by atoms with Gasteiger partial charge in [0.1, 0.15) is 4.84 Å². The first kappa shape index (κ1) is 17.5. The molecule has 0 rings (SSSR count). The molecule has 0 amide bonds. The average molecular weight is 299 g/mol. The van der Waals surface area contributed by atoms with Crippen molar-refractivity contribution >= 4 is 35.1 Å². The third-order valence-electron chi connectivity index (χ3n) is 2.58. The highest BCUT2D eigenvalue weighted by Crippen LogP contribution is 2.38. The van der Waals surface area contributed by atoms with E-state index in [0.717, 1.165) is 6.42 Å². The van der Waals surface area contributed by atoms with Gasteiger partial charge in [-0.25, -0.2) is 0 Å². The molecule has 0 bridgehead atoms. The monoisotopic (exact) mass is 298 g/mol. The Kier molecular flexibility index (Phi) is 8.36. The molecule has 0 aromatic heterocycles. The Balaban J connectivity index is 5.27. The second kappa shape index (κ2) is 8.59. The Morgan fingerprint density at radius 2 is 1.50 bits per heavy atom. The van der Waals surface area contributed by atoms with Gasteiger partial charge in [-0.2, -0.15) is 0 Å². The lowest BCUT2D eigenvalue weighted by atomic mass is 9.84. The molecule has 0 aliphatic carbocycles. The molecule has 0 aliphatic rings. The predicted octanol–water partition coefficient (Wildman–Crippen LogP) is 3.09. The molecule has 0 aromatic carbocycles. The van der Waals surface area contributed by atoms with Gasteiger partial charge in [-0.15, -0.1) is 23.2 Å². The van der Waals surface area contributed by atoms with E-state index in [0.29, 0.717) is 6.42 Å². The van der Waals surface area contributed by atoms with Crippen LogP contribution in [0, 0.1) is 5.41 Å². The minimum atomic E-state index is -1.62. The van der Waals surface area contributed by atoms with E-state index < -0.39 is 22.2 Å². The van der Waals surface area contributed by atoms with Crippen LogP contribution in [0.25, 0.3) is 0 Å². The number of alkyl halides is 2. The van der Waals surface area contributed by atoms with Gasteiger partial charge < -0.3 is 9.47 Å². The van der Waals surface area contributed by atoms with Crippen molar-refractivity contribution < 1.29 is 19.1 Å². The first-order valence-corrected chi connectivity index (χ1v) is 6.97. The molecule has 6 heteroatoms. The number of unbranched alkanes of at least 4 members (excludes halogenated alkanes) is 1. The van der Waals surface area contributed by atoms with Crippen LogP contribution >= 0.6 is 23.2 Å². The number of hydrogen-bond acceptors (Lipinski definition) is 4. The van der Waals surface area contributed by atoms with Crippen LogP contribution in [0.2, 0.25) is 0 Å². The molecule has 0 saturated heterocycles. The fourth-order valence-corrected chi connectivity index (χ4v) is 2.12. The molecule has 4 nitrogen and oxygen atoms in total. The van der Waals surface area contributed by atoms with Crippen LogP contribution in [0.1, 0.15) is 40.0 Å². The SMILES string of the molecule is CCCCC(C(=O)OCC)(C(=O)OCC)C(Cl)Cl. The highest BCUT2D eigenvalue weighted by atomic mass is 35.5. The Hall–Kier alpha value is -0.480. The van der Waals surface area contributed by atoms with Crippen molar-refractivity contribution in [3.8, 4) is 0 Å². The third-order valence-corrected chi connectivity index (χ3v) is 3.32. The Morgan fingerprint density at radius 3 is 1.78 bits per heavy atom. The van der Waals surface area contributed by atoms with Crippen molar-refractivity contribution in [1.82, 2.24) is 0 Å². The molecule has 0 spiro atoms. The molecule has 0 heterocycles. The highest BCUT2D eigenvalue weighted by molar-refractivity contribution is 6.47. The Bertz CT molecular complexity index is 261. The van der Waals surface area contributed by atoms with Crippen LogP contribution in [-0.4, -0.2) is 30.0 Å². The summed E-state index contributed by atoms with van der Waals surface area (Å²) in [5.74, 6) is -1.43. The highest BCUT2D eigenvalue weighted by Gasteiger charge is 2.53. The minimum Gasteiger partial charge on any atom is -0.465 e. The van der Waals surface area contributed by atoms with Crippen LogP contribution in [-0.2, 0) is 19.1 Å². The quantitative estimate of drug-likeness (QED) is 0.392. The van der Waals surface area contributed by atoms with Gasteiger partial charge in [-0.3, -0.25) is 9.59 Å². The second-order valence-electron chi connectivity index (χ2n) is 3.82. The minimum absolute atomic E-state index is 0.159. The van der Waals surface area contributed by atoms with Crippen LogP contribution in [0.5, 0.6) is 0 Å². The molecule has 106 valence electrons. The van der Waals surface area contributed by atoms with Crippen LogP contribution in [0.4, 0.5) is 0 Å². The first-order valence-electron chi connectivity index (χ1n) is 6.09. The normalized spacial score (nSPS) is 11.4. The van der Waals surface area contributed by atoms with Gasteiger partial charge in [0.25, 0.3) is 0 Å². The third kappa shape index (κ3) is 4.02. The number of carbonyl (C=O) groups excluding carboxylic acids is 2. The zero-order valence-corrected chi connectivity index (χ0v) is 12.5. The lowest BCUT2D eigenvalue weighted by Crippen LogP contribution is -2.47. The summed E-state index contributed by atoms with van der Waals surface area (Å²) in [7, 11) is 0. The van der Waals surface area contributed by atoms with E-state index in [1.165, 1.54) is 0 Å². The van der Waals surface area contributed by atoms with Gasteiger partial charge in [0.15, 0.2) is 5.41 Å². The molecular weight excluding hydrogens is 279 g/mol. The van der Waals surface area contributed by atoms with E-state index in [2.05, 4.69) is 0 Å². The van der Waals surface area contributed by atoms with Gasteiger partial charge in [0.2, 0.25) is 0 Å². The zero-order valence-electron chi connectivity index (χ0n) is 11.0. The average Bonchev–Trinajstić information content (AvgIpc) is 2.30. The largest absolute Gasteiger partial charge is 0.465 e. The van der Waals surface area contributed by atoms with Crippen molar-refractivity contribution in [3.05, 3.63) is 0 Å². The van der Waals surface area contributed by atoms with Gasteiger partial charge >= 0.3 is 11.9 Å². The number of hydrogen-bond donors (Lipinski definition) is 0. The second-order valence-corrected chi connectivity index (χ2v) is 4.91. The van der Waals surface area contributed by atoms with E-state index in [1.54, 1.807) is 13.8 Å². The van der Waals surface area contributed by atoms with Gasteiger partial charge in [0, 0.05) is 0 Å². The standard InChI is InChI=1S/C12H20Cl2O4/c1-4-7-8-12(9(13)14,10(15)17-5-2)11(16)18-6-3/h9H,4-8H2,1-3H3. The molecule has 0 N–H and O–H groups in total. The van der Waals surface area contributed by atoms with Crippen molar-refractivity contribution in [1.29, 1.82) is 0 Å². The summed E-state index contributed by atoms with van der Waals surface area (Å²) < 4.78 is 9.85. The molecular formula is C12H20Cl2O4. The maximum atomic E-state index is 12.0. The van der Waals surface area contributed by atoms with Gasteiger partial charge in [-0.1, -0.05) is 19.8 Å². The fraction of sp³-hybridized carbons (Fsp3) is 0.833. The maximum absolute atomic E-state index is 12.0. The first-order chi connectivity index (χ1) is 8.47.